The van der Waals surface area contributed by atoms with E-state index in [2.05, 4.69) is 18.3 Å². The van der Waals surface area contributed by atoms with Crippen LogP contribution in [-0.4, -0.2) is 77.9 Å². The van der Waals surface area contributed by atoms with Gasteiger partial charge in [-0.1, -0.05) is 79.8 Å². The van der Waals surface area contributed by atoms with E-state index in [1.54, 1.807) is 26.9 Å². The van der Waals surface area contributed by atoms with E-state index in [4.69, 9.17) is 0 Å². The number of carbonyl (C=O) groups excluding carboxylic acids is 3. The lowest BCUT2D eigenvalue weighted by atomic mass is 9.94. The summed E-state index contributed by atoms with van der Waals surface area (Å²) in [6.07, 6.45) is 1.79. The second-order valence-corrected chi connectivity index (χ2v) is 9.45. The highest BCUT2D eigenvalue weighted by molar-refractivity contribution is 6.32. The number of urea groups is 1. The Balaban J connectivity index is 1.60. The number of nitrogens with zero attached hydrogens (tertiary/aromatic N) is 4. The van der Waals surface area contributed by atoms with Crippen molar-refractivity contribution < 1.29 is 14.4 Å². The summed E-state index contributed by atoms with van der Waals surface area (Å²) in [5.41, 5.74) is 3.16. The average Bonchev–Trinajstić information content (AvgIpc) is 2.83. The summed E-state index contributed by atoms with van der Waals surface area (Å²) in [6, 6.07) is 17.0. The molecule has 9 heteroatoms. The Kier molecular flexibility index (Phi) is 7.75. The molecule has 0 radical (unpaired) electrons. The summed E-state index contributed by atoms with van der Waals surface area (Å²) in [5.74, 6) is -0.159. The van der Waals surface area contributed by atoms with Gasteiger partial charge in [0.25, 0.3) is 0 Å². The SMILES string of the molecule is Bc1cccc(CN2C[C@H]3N(C(=O)CN(C)N3C(=O)NCc3ccccc3)[C@@H](CCCC)C2=O)c1. The molecule has 0 aromatic heterocycles. The van der Waals surface area contributed by atoms with Crippen molar-refractivity contribution in [3.05, 3.63) is 65.7 Å². The highest BCUT2D eigenvalue weighted by Gasteiger charge is 2.50. The van der Waals surface area contributed by atoms with Gasteiger partial charge in [0.1, 0.15) is 20.1 Å². The molecule has 35 heavy (non-hydrogen) atoms. The Labute approximate surface area is 208 Å². The molecule has 4 rings (SSSR count). The van der Waals surface area contributed by atoms with Gasteiger partial charge in [-0.25, -0.2) is 14.8 Å². The van der Waals surface area contributed by atoms with Gasteiger partial charge in [-0.3, -0.25) is 9.59 Å². The molecule has 184 valence electrons. The number of carbonyl (C=O) groups is 3. The number of amides is 4. The van der Waals surface area contributed by atoms with Crippen LogP contribution in [0.3, 0.4) is 0 Å². The van der Waals surface area contributed by atoms with E-state index in [-0.39, 0.29) is 30.9 Å². The minimum Gasteiger partial charge on any atom is -0.333 e. The van der Waals surface area contributed by atoms with Crippen LogP contribution in [-0.2, 0) is 22.7 Å². The van der Waals surface area contributed by atoms with Crippen molar-refractivity contribution in [1.29, 1.82) is 0 Å². The fourth-order valence-corrected chi connectivity index (χ4v) is 5.01. The predicted molar refractivity (Wildman–Crippen MR) is 137 cm³/mol. The molecule has 0 unspecified atom stereocenters. The predicted octanol–water partition coefficient (Wildman–Crippen LogP) is 1.07. The Morgan fingerprint density at radius 1 is 1.09 bits per heavy atom. The molecule has 1 N–H and O–H groups in total. The Morgan fingerprint density at radius 2 is 1.83 bits per heavy atom. The van der Waals surface area contributed by atoms with Crippen LogP contribution in [0.4, 0.5) is 4.79 Å². The van der Waals surface area contributed by atoms with Gasteiger partial charge in [-0.2, -0.15) is 0 Å². The van der Waals surface area contributed by atoms with E-state index in [9.17, 15) is 14.4 Å². The Hall–Kier alpha value is -3.33. The molecule has 2 heterocycles. The molecule has 2 aliphatic rings. The maximum Gasteiger partial charge on any atom is 0.334 e. The zero-order valence-electron chi connectivity index (χ0n) is 20.8. The van der Waals surface area contributed by atoms with Crippen molar-refractivity contribution in [2.45, 2.75) is 51.5 Å². The molecular formula is C26H34BN5O3. The number of nitrogens with one attached hydrogen (secondary N) is 1. The minimum absolute atomic E-state index is 0.0428. The number of unbranched alkanes of at least 4 members (excludes halogenated alkanes) is 1. The third kappa shape index (κ3) is 5.51. The number of hydrazine groups is 1. The highest BCUT2D eigenvalue weighted by Crippen LogP contribution is 2.29. The molecule has 0 spiro atoms. The van der Waals surface area contributed by atoms with Crippen LogP contribution in [0.1, 0.15) is 37.3 Å². The summed E-state index contributed by atoms with van der Waals surface area (Å²) in [5, 5.41) is 6.27. The number of fused-ring (bicyclic) bond motifs is 1. The maximum atomic E-state index is 13.6. The van der Waals surface area contributed by atoms with E-state index < -0.39 is 12.2 Å². The molecule has 2 aromatic carbocycles. The third-order valence-electron chi connectivity index (χ3n) is 6.72. The number of rotatable bonds is 7. The molecule has 2 aromatic rings. The van der Waals surface area contributed by atoms with Crippen molar-refractivity contribution in [3.63, 3.8) is 0 Å². The number of hydrogen-bond acceptors (Lipinski definition) is 4. The van der Waals surface area contributed by atoms with E-state index >= 15 is 0 Å². The second-order valence-electron chi connectivity index (χ2n) is 9.45. The van der Waals surface area contributed by atoms with E-state index in [0.29, 0.717) is 19.5 Å². The van der Waals surface area contributed by atoms with Gasteiger partial charge in [0.05, 0.1) is 13.1 Å². The first-order chi connectivity index (χ1) is 16.9. The summed E-state index contributed by atoms with van der Waals surface area (Å²) < 4.78 is 0. The monoisotopic (exact) mass is 475 g/mol. The number of benzene rings is 2. The van der Waals surface area contributed by atoms with Crippen LogP contribution in [0, 0.1) is 0 Å². The maximum absolute atomic E-state index is 13.6. The van der Waals surface area contributed by atoms with Gasteiger partial charge in [0, 0.05) is 20.1 Å². The van der Waals surface area contributed by atoms with Crippen molar-refractivity contribution >= 4 is 31.2 Å². The summed E-state index contributed by atoms with van der Waals surface area (Å²) >= 11 is 0. The standard InChI is InChI=1S/C26H34BN5O3/c1-3-4-13-22-25(34)30(16-20-11-8-12-21(27)14-20)17-23-31(22)24(33)18-29(2)32(23)26(35)28-15-19-9-6-5-7-10-19/h5-12,14,22-23H,3-4,13,15-18,27H2,1-2H3,(H,28,35)/t22-,23-/m0/s1. The van der Waals surface area contributed by atoms with E-state index in [1.165, 1.54) is 0 Å². The lowest BCUT2D eigenvalue weighted by Gasteiger charge is -2.54. The summed E-state index contributed by atoms with van der Waals surface area (Å²) in [4.78, 5) is 43.6. The molecule has 2 fully saturated rings. The van der Waals surface area contributed by atoms with Crippen LogP contribution >= 0.6 is 0 Å². The molecule has 8 nitrogen and oxygen atoms in total. The zero-order chi connectivity index (χ0) is 24.9. The number of piperazine rings is 1. The fraction of sp³-hybridized carbons (Fsp3) is 0.423. The van der Waals surface area contributed by atoms with Crippen molar-refractivity contribution in [2.75, 3.05) is 20.1 Å². The first-order valence-electron chi connectivity index (χ1n) is 12.4. The van der Waals surface area contributed by atoms with E-state index in [0.717, 1.165) is 29.4 Å². The van der Waals surface area contributed by atoms with Crippen molar-refractivity contribution in [3.8, 4) is 0 Å². The fourth-order valence-electron chi connectivity index (χ4n) is 5.01. The Bertz CT molecular complexity index is 1070. The molecule has 2 saturated heterocycles. The van der Waals surface area contributed by atoms with Gasteiger partial charge in [-0.15, -0.1) is 0 Å². The van der Waals surface area contributed by atoms with Crippen LogP contribution in [0.25, 0.3) is 0 Å². The Morgan fingerprint density at radius 3 is 2.54 bits per heavy atom. The molecule has 0 aliphatic carbocycles. The van der Waals surface area contributed by atoms with Crippen LogP contribution < -0.4 is 10.8 Å². The molecule has 2 atom stereocenters. The van der Waals surface area contributed by atoms with Gasteiger partial charge >= 0.3 is 6.03 Å². The summed E-state index contributed by atoms with van der Waals surface area (Å²) in [7, 11) is 3.78. The third-order valence-corrected chi connectivity index (χ3v) is 6.72. The van der Waals surface area contributed by atoms with Crippen molar-refractivity contribution in [2.24, 2.45) is 0 Å². The quantitative estimate of drug-likeness (QED) is 0.609. The second kappa shape index (κ2) is 10.9. The van der Waals surface area contributed by atoms with Gasteiger partial charge < -0.3 is 15.1 Å². The first kappa shape index (κ1) is 24.8. The molecule has 4 amide bonds. The van der Waals surface area contributed by atoms with Crippen molar-refractivity contribution in [1.82, 2.24) is 25.1 Å². The minimum atomic E-state index is -0.566. The van der Waals surface area contributed by atoms with Gasteiger partial charge in [0.2, 0.25) is 11.8 Å². The smallest absolute Gasteiger partial charge is 0.333 e. The highest BCUT2D eigenvalue weighted by atomic mass is 16.2. The van der Waals surface area contributed by atoms with Gasteiger partial charge in [-0.05, 0) is 17.5 Å². The van der Waals surface area contributed by atoms with E-state index in [1.807, 2.05) is 56.4 Å². The molecular weight excluding hydrogens is 441 g/mol. The zero-order valence-corrected chi connectivity index (χ0v) is 20.8. The first-order valence-corrected chi connectivity index (χ1v) is 12.4. The average molecular weight is 475 g/mol. The molecule has 0 saturated carbocycles. The van der Waals surface area contributed by atoms with Gasteiger partial charge in [0.15, 0.2) is 0 Å². The number of likely N-dealkylation sites (N-methyl/N-ethyl adjacent to an activating group) is 1. The summed E-state index contributed by atoms with van der Waals surface area (Å²) in [6.45, 7) is 3.23. The normalized spacial score (nSPS) is 20.7. The topological polar surface area (TPSA) is 76.2 Å². The van der Waals surface area contributed by atoms with Crippen LogP contribution in [0.15, 0.2) is 54.6 Å². The largest absolute Gasteiger partial charge is 0.334 e. The number of hydrogen-bond donors (Lipinski definition) is 1. The lowest BCUT2D eigenvalue weighted by Crippen LogP contribution is -2.75. The van der Waals surface area contributed by atoms with Crippen LogP contribution in [0.2, 0.25) is 0 Å². The molecule has 0 bridgehead atoms. The molecule has 2 aliphatic heterocycles. The van der Waals surface area contributed by atoms with Crippen LogP contribution in [0.5, 0.6) is 0 Å². The lowest BCUT2D eigenvalue weighted by molar-refractivity contribution is -0.188.